The third kappa shape index (κ3) is 4.54. The van der Waals surface area contributed by atoms with Gasteiger partial charge in [0.1, 0.15) is 5.82 Å². The van der Waals surface area contributed by atoms with Crippen molar-refractivity contribution in [2.75, 3.05) is 13.7 Å². The first kappa shape index (κ1) is 19.3. The molecule has 0 saturated carbocycles. The molecule has 3 aromatic carbocycles. The van der Waals surface area contributed by atoms with E-state index in [1.54, 1.807) is 7.11 Å². The Balaban J connectivity index is 1.49. The number of hydrogen-bond acceptors (Lipinski definition) is 3. The number of aryl methyl sites for hydroxylation is 1. The number of ether oxygens (including phenoxy) is 2. The molecule has 148 valence electrons. The second kappa shape index (κ2) is 9.01. The van der Waals surface area contributed by atoms with Gasteiger partial charge in [-0.2, -0.15) is 0 Å². The Kier molecular flexibility index (Phi) is 6.01. The zero-order valence-electron chi connectivity index (χ0n) is 16.3. The zero-order chi connectivity index (χ0) is 20.1. The Labute approximate surface area is 175 Å². The number of aromatic nitrogens is 2. The summed E-state index contributed by atoms with van der Waals surface area (Å²) in [6.45, 7) is 1.44. The summed E-state index contributed by atoms with van der Waals surface area (Å²) in [4.78, 5) is 4.86. The summed E-state index contributed by atoms with van der Waals surface area (Å²) < 4.78 is 13.6. The largest absolute Gasteiger partial charge is 0.493 e. The summed E-state index contributed by atoms with van der Waals surface area (Å²) in [7, 11) is 1.66. The summed E-state index contributed by atoms with van der Waals surface area (Å²) in [6.07, 6.45) is 1.63. The van der Waals surface area contributed by atoms with Crippen LogP contribution in [0.3, 0.4) is 0 Å². The van der Waals surface area contributed by atoms with Crippen LogP contribution in [0, 0.1) is 0 Å². The second-order valence-electron chi connectivity index (χ2n) is 6.82. The van der Waals surface area contributed by atoms with Crippen LogP contribution in [0.5, 0.6) is 11.5 Å². The first-order valence-electron chi connectivity index (χ1n) is 9.69. The van der Waals surface area contributed by atoms with Crippen molar-refractivity contribution in [1.82, 2.24) is 9.55 Å². The molecule has 0 aliphatic heterocycles. The molecule has 1 heterocycles. The van der Waals surface area contributed by atoms with Gasteiger partial charge in [-0.25, -0.2) is 4.98 Å². The fraction of sp³-hybridized carbons (Fsp3) is 0.208. The smallest absolute Gasteiger partial charge is 0.161 e. The highest BCUT2D eigenvalue weighted by atomic mass is 35.5. The lowest BCUT2D eigenvalue weighted by Gasteiger charge is -2.12. The van der Waals surface area contributed by atoms with Crippen molar-refractivity contribution in [3.05, 3.63) is 89.2 Å². The van der Waals surface area contributed by atoms with Crippen LogP contribution in [0.4, 0.5) is 0 Å². The van der Waals surface area contributed by atoms with Gasteiger partial charge in [0, 0.05) is 18.0 Å². The molecule has 0 aliphatic carbocycles. The molecule has 4 rings (SSSR count). The molecule has 0 spiro atoms. The van der Waals surface area contributed by atoms with E-state index in [0.29, 0.717) is 6.61 Å². The van der Waals surface area contributed by atoms with Gasteiger partial charge < -0.3 is 14.0 Å². The highest BCUT2D eigenvalue weighted by molar-refractivity contribution is 6.30. The van der Waals surface area contributed by atoms with E-state index in [-0.39, 0.29) is 0 Å². The van der Waals surface area contributed by atoms with E-state index >= 15 is 0 Å². The van der Waals surface area contributed by atoms with E-state index in [9.17, 15) is 0 Å². The van der Waals surface area contributed by atoms with Gasteiger partial charge in [0.2, 0.25) is 0 Å². The van der Waals surface area contributed by atoms with Gasteiger partial charge >= 0.3 is 0 Å². The molecule has 29 heavy (non-hydrogen) atoms. The van der Waals surface area contributed by atoms with Gasteiger partial charge in [-0.3, -0.25) is 0 Å². The number of para-hydroxylation sites is 4. The molecule has 0 bridgehead atoms. The van der Waals surface area contributed by atoms with E-state index in [1.807, 2.05) is 42.5 Å². The summed E-state index contributed by atoms with van der Waals surface area (Å²) in [5.74, 6) is 2.57. The highest BCUT2D eigenvalue weighted by Gasteiger charge is 2.11. The summed E-state index contributed by atoms with van der Waals surface area (Å²) in [5, 5.41) is 0.746. The molecule has 4 nitrogen and oxygen atoms in total. The van der Waals surface area contributed by atoms with Gasteiger partial charge in [0.15, 0.2) is 11.5 Å². The van der Waals surface area contributed by atoms with Crippen molar-refractivity contribution in [3.8, 4) is 11.5 Å². The molecule has 0 radical (unpaired) electrons. The maximum Gasteiger partial charge on any atom is 0.161 e. The molecule has 0 unspecified atom stereocenters. The summed E-state index contributed by atoms with van der Waals surface area (Å²) in [6, 6.07) is 23.9. The van der Waals surface area contributed by atoms with Crippen LogP contribution in [0.15, 0.2) is 72.8 Å². The molecule has 1 aromatic heterocycles. The van der Waals surface area contributed by atoms with E-state index in [0.717, 1.165) is 52.8 Å². The Hall–Kier alpha value is -2.98. The van der Waals surface area contributed by atoms with E-state index in [4.69, 9.17) is 26.1 Å². The SMILES string of the molecule is COc1ccccc1OCCCn1c(Cc2ccc(Cl)cc2)nc2ccccc21. The maximum absolute atomic E-state index is 6.02. The third-order valence-electron chi connectivity index (χ3n) is 4.86. The molecule has 0 fully saturated rings. The van der Waals surface area contributed by atoms with Crippen molar-refractivity contribution >= 4 is 22.6 Å². The number of benzene rings is 3. The number of halogens is 1. The van der Waals surface area contributed by atoms with E-state index < -0.39 is 0 Å². The first-order valence-corrected chi connectivity index (χ1v) is 10.1. The van der Waals surface area contributed by atoms with Crippen LogP contribution in [-0.2, 0) is 13.0 Å². The number of hydrogen-bond donors (Lipinski definition) is 0. The first-order chi connectivity index (χ1) is 14.2. The molecule has 0 aliphatic rings. The Bertz CT molecular complexity index is 1090. The van der Waals surface area contributed by atoms with Crippen LogP contribution in [0.1, 0.15) is 17.8 Å². The summed E-state index contributed by atoms with van der Waals surface area (Å²) >= 11 is 6.02. The standard InChI is InChI=1S/C24H23ClN2O2/c1-28-22-9-4-5-10-23(22)29-16-6-15-27-21-8-3-2-7-20(21)26-24(27)17-18-11-13-19(25)14-12-18/h2-5,7-14H,6,15-17H2,1H3. The lowest BCUT2D eigenvalue weighted by molar-refractivity contribution is 0.283. The number of nitrogens with zero attached hydrogens (tertiary/aromatic N) is 2. The molecular weight excluding hydrogens is 384 g/mol. The lowest BCUT2D eigenvalue weighted by Crippen LogP contribution is -2.08. The minimum Gasteiger partial charge on any atom is -0.493 e. The Morgan fingerprint density at radius 2 is 1.62 bits per heavy atom. The van der Waals surface area contributed by atoms with Crippen molar-refractivity contribution in [3.63, 3.8) is 0 Å². The maximum atomic E-state index is 6.02. The van der Waals surface area contributed by atoms with Gasteiger partial charge in [-0.1, -0.05) is 48.0 Å². The zero-order valence-corrected chi connectivity index (χ0v) is 17.1. The Morgan fingerprint density at radius 1 is 0.897 bits per heavy atom. The average Bonchev–Trinajstić information content (AvgIpc) is 3.10. The number of imidazole rings is 1. The van der Waals surface area contributed by atoms with Gasteiger partial charge in [-0.05, 0) is 48.4 Å². The normalized spacial score (nSPS) is 11.0. The Morgan fingerprint density at radius 3 is 2.41 bits per heavy atom. The average molecular weight is 407 g/mol. The topological polar surface area (TPSA) is 36.3 Å². The minimum absolute atomic E-state index is 0.604. The summed E-state index contributed by atoms with van der Waals surface area (Å²) in [5.41, 5.74) is 3.35. The fourth-order valence-corrected chi connectivity index (χ4v) is 3.56. The van der Waals surface area contributed by atoms with Crippen molar-refractivity contribution in [2.45, 2.75) is 19.4 Å². The molecule has 0 N–H and O–H groups in total. The van der Waals surface area contributed by atoms with E-state index in [1.165, 1.54) is 5.56 Å². The van der Waals surface area contributed by atoms with Crippen LogP contribution < -0.4 is 9.47 Å². The van der Waals surface area contributed by atoms with Crippen molar-refractivity contribution in [1.29, 1.82) is 0 Å². The monoisotopic (exact) mass is 406 g/mol. The molecule has 5 heteroatoms. The molecule has 0 atom stereocenters. The van der Waals surface area contributed by atoms with Gasteiger partial charge in [0.05, 0.1) is 24.8 Å². The highest BCUT2D eigenvalue weighted by Crippen LogP contribution is 2.26. The fourth-order valence-electron chi connectivity index (χ4n) is 3.44. The van der Waals surface area contributed by atoms with E-state index in [2.05, 4.69) is 34.9 Å². The number of methoxy groups -OCH3 is 1. The van der Waals surface area contributed by atoms with Gasteiger partial charge in [0.25, 0.3) is 0 Å². The van der Waals surface area contributed by atoms with Crippen LogP contribution in [-0.4, -0.2) is 23.3 Å². The van der Waals surface area contributed by atoms with Crippen LogP contribution in [0.25, 0.3) is 11.0 Å². The van der Waals surface area contributed by atoms with Crippen molar-refractivity contribution < 1.29 is 9.47 Å². The lowest BCUT2D eigenvalue weighted by atomic mass is 10.1. The van der Waals surface area contributed by atoms with Crippen LogP contribution in [0.2, 0.25) is 5.02 Å². The van der Waals surface area contributed by atoms with Crippen molar-refractivity contribution in [2.24, 2.45) is 0 Å². The van der Waals surface area contributed by atoms with Crippen LogP contribution >= 0.6 is 11.6 Å². The number of rotatable bonds is 8. The van der Waals surface area contributed by atoms with Gasteiger partial charge in [-0.15, -0.1) is 0 Å². The number of fused-ring (bicyclic) bond motifs is 1. The second-order valence-corrected chi connectivity index (χ2v) is 7.26. The molecular formula is C24H23ClN2O2. The third-order valence-corrected chi connectivity index (χ3v) is 5.11. The quantitative estimate of drug-likeness (QED) is 0.349. The predicted molar refractivity (Wildman–Crippen MR) is 117 cm³/mol. The molecule has 0 saturated heterocycles. The minimum atomic E-state index is 0.604. The molecule has 0 amide bonds. The predicted octanol–water partition coefficient (Wildman–Crippen LogP) is 5.76. The molecule has 4 aromatic rings.